The summed E-state index contributed by atoms with van der Waals surface area (Å²) in [6.45, 7) is 0.878. The molecule has 0 unspecified atom stereocenters. The summed E-state index contributed by atoms with van der Waals surface area (Å²) in [6, 6.07) is 12.4. The quantitative estimate of drug-likeness (QED) is 0.549. The Labute approximate surface area is 158 Å². The third-order valence-electron chi connectivity index (χ3n) is 3.62. The fourth-order valence-corrected chi connectivity index (χ4v) is 2.31. The fourth-order valence-electron chi connectivity index (χ4n) is 2.31. The minimum atomic E-state index is -5.22. The summed E-state index contributed by atoms with van der Waals surface area (Å²) in [6.07, 6.45) is -5.22. The first-order valence-electron chi connectivity index (χ1n) is 8.09. The highest BCUT2D eigenvalue weighted by molar-refractivity contribution is 5.91. The summed E-state index contributed by atoms with van der Waals surface area (Å²) < 4.78 is 51.1. The lowest BCUT2D eigenvalue weighted by molar-refractivity contribution is -0.372. The van der Waals surface area contributed by atoms with Crippen LogP contribution in [-0.2, 0) is 14.3 Å². The zero-order valence-corrected chi connectivity index (χ0v) is 15.1. The second-order valence-corrected chi connectivity index (χ2v) is 5.76. The highest BCUT2D eigenvalue weighted by Gasteiger charge is 2.67. The minimum Gasteiger partial charge on any atom is -0.484 e. The zero-order valence-electron chi connectivity index (χ0n) is 15.1. The van der Waals surface area contributed by atoms with Crippen molar-refractivity contribution < 1.29 is 37.2 Å². The summed E-state index contributed by atoms with van der Waals surface area (Å²) in [5.41, 5.74) is -2.98. The number of aromatic amines is 1. The molecule has 0 fully saturated rings. The Hall–Kier alpha value is -3.30. The number of anilines is 1. The van der Waals surface area contributed by atoms with Gasteiger partial charge in [-0.2, -0.15) is 13.2 Å². The second-order valence-electron chi connectivity index (χ2n) is 5.76. The van der Waals surface area contributed by atoms with Crippen LogP contribution in [0.25, 0.3) is 0 Å². The maximum absolute atomic E-state index is 13.9. The van der Waals surface area contributed by atoms with Crippen LogP contribution < -0.4 is 20.4 Å². The molecule has 3 N–H and O–H groups in total. The molecule has 1 amide bonds. The number of alkyl halides is 3. The van der Waals surface area contributed by atoms with Crippen molar-refractivity contribution >= 4 is 17.7 Å². The number of methoxy groups -OCH3 is 1. The van der Waals surface area contributed by atoms with E-state index in [1.807, 2.05) is 5.32 Å². The highest BCUT2D eigenvalue weighted by atomic mass is 19.4. The van der Waals surface area contributed by atoms with Crippen molar-refractivity contribution in [2.75, 3.05) is 19.0 Å². The molecule has 7 nitrogen and oxygen atoms in total. The number of hydrogen-bond donors (Lipinski definition) is 2. The van der Waals surface area contributed by atoms with Crippen LogP contribution in [0.2, 0.25) is 0 Å². The second kappa shape index (κ2) is 8.59. The van der Waals surface area contributed by atoms with Gasteiger partial charge in [-0.3, -0.25) is 10.1 Å². The molecule has 28 heavy (non-hydrogen) atoms. The zero-order chi connectivity index (χ0) is 20.8. The van der Waals surface area contributed by atoms with E-state index in [1.54, 1.807) is 36.5 Å². The SMILES string of the molecule is COC(=O)[C@@](NC(=O)COc1ccccc1)(Nc1cccc(C)[nH+]1)C(F)(F)F. The van der Waals surface area contributed by atoms with Gasteiger partial charge in [0.1, 0.15) is 5.75 Å². The third kappa shape index (κ3) is 4.90. The number of H-pyrrole nitrogens is 1. The first kappa shape index (κ1) is 21.0. The first-order chi connectivity index (χ1) is 13.2. The number of carbonyl (C=O) groups is 2. The van der Waals surface area contributed by atoms with Gasteiger partial charge in [-0.05, 0) is 25.1 Å². The van der Waals surface area contributed by atoms with E-state index in [2.05, 4.69) is 9.72 Å². The lowest BCUT2D eigenvalue weighted by atomic mass is 10.1. The van der Waals surface area contributed by atoms with E-state index in [-0.39, 0.29) is 11.6 Å². The standard InChI is InChI=1S/C18H18F3N3O4/c1-12-7-6-10-14(22-12)23-17(16(26)27-2,18(19,20)21)24-15(25)11-28-13-8-4-3-5-9-13/h3-10H,11H2,1-2H3,(H,22,23)(H,24,25)/p+1/t17-/m0/s1. The number of aromatic nitrogens is 1. The van der Waals surface area contributed by atoms with Crippen molar-refractivity contribution in [2.45, 2.75) is 18.8 Å². The van der Waals surface area contributed by atoms with Crippen molar-refractivity contribution in [1.82, 2.24) is 5.32 Å². The van der Waals surface area contributed by atoms with E-state index in [1.165, 1.54) is 24.3 Å². The predicted molar refractivity (Wildman–Crippen MR) is 92.2 cm³/mol. The molecule has 0 aliphatic heterocycles. The number of carbonyl (C=O) groups excluding carboxylic acids is 2. The average molecular weight is 398 g/mol. The predicted octanol–water partition coefficient (Wildman–Crippen LogP) is 1.85. The number of amides is 1. The largest absolute Gasteiger partial charge is 0.484 e. The molecule has 2 rings (SSSR count). The molecular weight excluding hydrogens is 379 g/mol. The van der Waals surface area contributed by atoms with E-state index in [9.17, 15) is 22.8 Å². The van der Waals surface area contributed by atoms with Crippen LogP contribution in [0.1, 0.15) is 5.69 Å². The van der Waals surface area contributed by atoms with E-state index in [4.69, 9.17) is 4.74 Å². The van der Waals surface area contributed by atoms with Gasteiger partial charge in [0.2, 0.25) is 0 Å². The molecule has 0 aliphatic carbocycles. The van der Waals surface area contributed by atoms with Crippen molar-refractivity contribution in [3.05, 3.63) is 54.2 Å². The van der Waals surface area contributed by atoms with Crippen LogP contribution in [0.3, 0.4) is 0 Å². The summed E-state index contributed by atoms with van der Waals surface area (Å²) in [5.74, 6) is -2.77. The Morgan fingerprint density at radius 3 is 2.32 bits per heavy atom. The van der Waals surface area contributed by atoms with E-state index < -0.39 is 30.3 Å². The normalized spacial score (nSPS) is 13.2. The van der Waals surface area contributed by atoms with Crippen molar-refractivity contribution in [3.8, 4) is 5.75 Å². The number of ether oxygens (including phenoxy) is 2. The summed E-state index contributed by atoms with van der Waals surface area (Å²) >= 11 is 0. The highest BCUT2D eigenvalue weighted by Crippen LogP contribution is 2.32. The van der Waals surface area contributed by atoms with Crippen LogP contribution in [0, 0.1) is 6.92 Å². The van der Waals surface area contributed by atoms with Gasteiger partial charge in [0, 0.05) is 6.07 Å². The Bertz CT molecular complexity index is 830. The van der Waals surface area contributed by atoms with Gasteiger partial charge in [0.05, 0.1) is 12.8 Å². The monoisotopic (exact) mass is 398 g/mol. The summed E-state index contributed by atoms with van der Waals surface area (Å²) in [7, 11) is 0.789. The number of nitrogens with one attached hydrogen (secondary N) is 3. The minimum absolute atomic E-state index is 0.146. The Morgan fingerprint density at radius 2 is 1.75 bits per heavy atom. The fraction of sp³-hybridized carbons (Fsp3) is 0.278. The number of rotatable bonds is 7. The summed E-state index contributed by atoms with van der Waals surface area (Å²) in [4.78, 5) is 26.9. The Balaban J connectivity index is 2.28. The van der Waals surface area contributed by atoms with Crippen molar-refractivity contribution in [1.29, 1.82) is 0 Å². The lowest BCUT2D eigenvalue weighted by Crippen LogP contribution is -2.70. The third-order valence-corrected chi connectivity index (χ3v) is 3.62. The molecule has 1 aromatic carbocycles. The molecular formula is C18H19F3N3O4+. The molecule has 150 valence electrons. The molecule has 10 heteroatoms. The van der Waals surface area contributed by atoms with Gasteiger partial charge >= 0.3 is 17.8 Å². The van der Waals surface area contributed by atoms with Gasteiger partial charge < -0.3 is 9.47 Å². The molecule has 1 atom stereocenters. The smallest absolute Gasteiger partial charge is 0.464 e. The van der Waals surface area contributed by atoms with Crippen molar-refractivity contribution in [2.24, 2.45) is 0 Å². The van der Waals surface area contributed by atoms with E-state index >= 15 is 0 Å². The van der Waals surface area contributed by atoms with Crippen LogP contribution in [0.5, 0.6) is 5.75 Å². The van der Waals surface area contributed by atoms with Gasteiger partial charge in [0.25, 0.3) is 11.7 Å². The van der Waals surface area contributed by atoms with Crippen LogP contribution in [-0.4, -0.2) is 37.4 Å². The Morgan fingerprint density at radius 1 is 1.07 bits per heavy atom. The van der Waals surface area contributed by atoms with Gasteiger partial charge in [-0.1, -0.05) is 24.3 Å². The number of para-hydroxylation sites is 1. The molecule has 2 aromatic rings. The number of pyridine rings is 1. The van der Waals surface area contributed by atoms with Crippen LogP contribution in [0.4, 0.5) is 19.0 Å². The van der Waals surface area contributed by atoms with E-state index in [0.29, 0.717) is 5.69 Å². The summed E-state index contributed by atoms with van der Waals surface area (Å²) in [5, 5.41) is 3.68. The topological polar surface area (TPSA) is 90.8 Å². The number of benzene rings is 1. The molecule has 0 spiro atoms. The molecule has 1 heterocycles. The molecule has 0 saturated carbocycles. The van der Waals surface area contributed by atoms with Crippen LogP contribution in [0.15, 0.2) is 48.5 Å². The maximum Gasteiger partial charge on any atom is 0.464 e. The number of hydrogen-bond acceptors (Lipinski definition) is 5. The maximum atomic E-state index is 13.9. The number of esters is 1. The first-order valence-corrected chi connectivity index (χ1v) is 8.09. The van der Waals surface area contributed by atoms with Gasteiger partial charge in [-0.15, -0.1) is 0 Å². The van der Waals surface area contributed by atoms with Gasteiger partial charge in [-0.25, -0.2) is 15.1 Å². The molecule has 0 radical (unpaired) electrons. The Kier molecular flexibility index (Phi) is 6.45. The number of halogens is 3. The lowest BCUT2D eigenvalue weighted by Gasteiger charge is -2.30. The molecule has 0 aliphatic rings. The number of aryl methyl sites for hydroxylation is 1. The van der Waals surface area contributed by atoms with E-state index in [0.717, 1.165) is 7.11 Å². The molecule has 1 aromatic heterocycles. The molecule has 0 saturated heterocycles. The van der Waals surface area contributed by atoms with Crippen LogP contribution >= 0.6 is 0 Å². The molecule has 0 bridgehead atoms. The van der Waals surface area contributed by atoms with Gasteiger partial charge in [0.15, 0.2) is 6.61 Å². The average Bonchev–Trinajstić information content (AvgIpc) is 2.65. The van der Waals surface area contributed by atoms with Crippen molar-refractivity contribution in [3.63, 3.8) is 0 Å².